The SMILES string of the molecule is Cc1c(C(=N)COC(=O)c2ccccc2)sc2nc(C(F)(F)F)nn12. The second kappa shape index (κ2) is 6.28. The lowest BCUT2D eigenvalue weighted by atomic mass is 10.2. The van der Waals surface area contributed by atoms with Crippen LogP contribution in [0.1, 0.15) is 26.8 Å². The first-order chi connectivity index (χ1) is 11.8. The second-order valence-electron chi connectivity index (χ2n) is 5.06. The number of halogens is 3. The quantitative estimate of drug-likeness (QED) is 0.566. The van der Waals surface area contributed by atoms with Crippen LogP contribution in [0.3, 0.4) is 0 Å². The van der Waals surface area contributed by atoms with E-state index < -0.39 is 18.0 Å². The fraction of sp³-hybridized carbons (Fsp3) is 0.200. The maximum absolute atomic E-state index is 12.6. The first kappa shape index (κ1) is 17.1. The average molecular weight is 368 g/mol. The van der Waals surface area contributed by atoms with Crippen molar-refractivity contribution in [1.29, 1.82) is 5.41 Å². The van der Waals surface area contributed by atoms with E-state index >= 15 is 0 Å². The number of rotatable bonds is 4. The van der Waals surface area contributed by atoms with Gasteiger partial charge in [0.05, 0.1) is 21.8 Å². The molecule has 2 aromatic heterocycles. The number of aryl methyl sites for hydroxylation is 1. The minimum atomic E-state index is -4.63. The van der Waals surface area contributed by atoms with Gasteiger partial charge in [-0.25, -0.2) is 9.31 Å². The van der Waals surface area contributed by atoms with Crippen LogP contribution >= 0.6 is 11.3 Å². The van der Waals surface area contributed by atoms with E-state index in [1.807, 2.05) is 0 Å². The number of nitrogens with one attached hydrogen (secondary N) is 1. The Bertz CT molecular complexity index is 947. The molecule has 0 radical (unpaired) electrons. The standard InChI is InChI=1S/C15H11F3N4O2S/c1-8-11(25-14-20-13(15(16,17)18)21-22(8)14)10(19)7-24-12(23)9-5-3-2-4-6-9/h2-6,19H,7H2,1H3. The molecule has 6 nitrogen and oxygen atoms in total. The maximum Gasteiger partial charge on any atom is 0.453 e. The predicted octanol–water partition coefficient (Wildman–Crippen LogP) is 3.34. The summed E-state index contributed by atoms with van der Waals surface area (Å²) in [4.78, 5) is 15.7. The minimum Gasteiger partial charge on any atom is -0.456 e. The van der Waals surface area contributed by atoms with Crippen molar-refractivity contribution < 1.29 is 22.7 Å². The molecule has 1 N–H and O–H groups in total. The highest BCUT2D eigenvalue weighted by atomic mass is 32.1. The Morgan fingerprint density at radius 2 is 2.00 bits per heavy atom. The summed E-state index contributed by atoms with van der Waals surface area (Å²) in [6, 6.07) is 8.29. The number of thiazole rings is 1. The molecule has 25 heavy (non-hydrogen) atoms. The van der Waals surface area contributed by atoms with Crippen LogP contribution in [-0.2, 0) is 10.9 Å². The molecule has 0 spiro atoms. The van der Waals surface area contributed by atoms with Crippen LogP contribution in [0.4, 0.5) is 13.2 Å². The normalized spacial score (nSPS) is 11.7. The minimum absolute atomic E-state index is 0.0268. The molecular formula is C15H11F3N4O2S. The van der Waals surface area contributed by atoms with Crippen molar-refractivity contribution in [2.45, 2.75) is 13.1 Å². The number of ether oxygens (including phenoxy) is 1. The van der Waals surface area contributed by atoms with Gasteiger partial charge in [-0.05, 0) is 19.1 Å². The molecule has 0 unspecified atom stereocenters. The number of hydrogen-bond acceptors (Lipinski definition) is 6. The topological polar surface area (TPSA) is 80.3 Å². The molecule has 0 bridgehead atoms. The summed E-state index contributed by atoms with van der Waals surface area (Å²) >= 11 is 0.890. The number of carbonyl (C=O) groups excluding carboxylic acids is 1. The van der Waals surface area contributed by atoms with Crippen molar-refractivity contribution in [3.8, 4) is 0 Å². The number of benzene rings is 1. The third-order valence-corrected chi connectivity index (χ3v) is 4.49. The van der Waals surface area contributed by atoms with Crippen molar-refractivity contribution in [2.75, 3.05) is 6.61 Å². The lowest BCUT2D eigenvalue weighted by molar-refractivity contribution is -0.144. The van der Waals surface area contributed by atoms with Gasteiger partial charge in [0.1, 0.15) is 6.61 Å². The Morgan fingerprint density at radius 3 is 2.60 bits per heavy atom. The van der Waals surface area contributed by atoms with Crippen LogP contribution in [-0.4, -0.2) is 32.9 Å². The molecule has 10 heteroatoms. The van der Waals surface area contributed by atoms with Crippen molar-refractivity contribution >= 4 is 28.0 Å². The van der Waals surface area contributed by atoms with Gasteiger partial charge in [0.2, 0.25) is 4.96 Å². The van der Waals surface area contributed by atoms with Crippen molar-refractivity contribution in [3.63, 3.8) is 0 Å². The van der Waals surface area contributed by atoms with Gasteiger partial charge in [-0.15, -0.1) is 5.10 Å². The summed E-state index contributed by atoms with van der Waals surface area (Å²) < 4.78 is 44.0. The summed E-state index contributed by atoms with van der Waals surface area (Å²) in [7, 11) is 0. The van der Waals surface area contributed by atoms with E-state index in [4.69, 9.17) is 10.1 Å². The fourth-order valence-corrected chi connectivity index (χ4v) is 3.10. The van der Waals surface area contributed by atoms with E-state index in [1.165, 1.54) is 6.92 Å². The lowest BCUT2D eigenvalue weighted by Gasteiger charge is -2.05. The van der Waals surface area contributed by atoms with Crippen molar-refractivity contribution in [3.05, 3.63) is 52.3 Å². The van der Waals surface area contributed by atoms with E-state index in [2.05, 4.69) is 10.1 Å². The summed E-state index contributed by atoms with van der Waals surface area (Å²) in [5.74, 6) is -1.81. The molecule has 3 aromatic rings. The molecule has 0 saturated heterocycles. The van der Waals surface area contributed by atoms with Crippen molar-refractivity contribution in [1.82, 2.24) is 14.6 Å². The van der Waals surface area contributed by atoms with Crippen molar-refractivity contribution in [2.24, 2.45) is 0 Å². The third-order valence-electron chi connectivity index (χ3n) is 3.30. The average Bonchev–Trinajstić information content (AvgIpc) is 3.13. The van der Waals surface area contributed by atoms with Gasteiger partial charge >= 0.3 is 12.1 Å². The number of aromatic nitrogens is 3. The monoisotopic (exact) mass is 368 g/mol. The number of esters is 1. The number of alkyl halides is 3. The third kappa shape index (κ3) is 3.38. The molecule has 1 aromatic carbocycles. The first-order valence-electron chi connectivity index (χ1n) is 7.00. The Hall–Kier alpha value is -2.75. The zero-order valence-electron chi connectivity index (χ0n) is 12.8. The van der Waals surface area contributed by atoms with E-state index in [0.717, 1.165) is 15.9 Å². The maximum atomic E-state index is 12.6. The molecule has 0 aliphatic rings. The Balaban J connectivity index is 1.75. The highest BCUT2D eigenvalue weighted by Gasteiger charge is 2.37. The first-order valence-corrected chi connectivity index (χ1v) is 7.82. The fourth-order valence-electron chi connectivity index (χ4n) is 2.10. The Labute approximate surface area is 143 Å². The van der Waals surface area contributed by atoms with Gasteiger partial charge in [0, 0.05) is 0 Å². The number of carbonyl (C=O) groups is 1. The van der Waals surface area contributed by atoms with E-state index in [1.54, 1.807) is 30.3 Å². The zero-order valence-corrected chi connectivity index (χ0v) is 13.6. The van der Waals surface area contributed by atoms with Crippen LogP contribution in [0, 0.1) is 12.3 Å². The van der Waals surface area contributed by atoms with Gasteiger partial charge in [0.25, 0.3) is 5.82 Å². The predicted molar refractivity (Wildman–Crippen MR) is 84.2 cm³/mol. The molecule has 0 saturated carbocycles. The molecule has 130 valence electrons. The summed E-state index contributed by atoms with van der Waals surface area (Å²) in [6.45, 7) is 1.23. The molecule has 2 heterocycles. The van der Waals surface area contributed by atoms with Gasteiger partial charge in [-0.2, -0.15) is 18.2 Å². The summed E-state index contributed by atoms with van der Waals surface area (Å²) in [5, 5.41) is 11.4. The Kier molecular flexibility index (Phi) is 4.29. The summed E-state index contributed by atoms with van der Waals surface area (Å²) in [6.07, 6.45) is -4.63. The van der Waals surface area contributed by atoms with Gasteiger partial charge < -0.3 is 10.1 Å². The Morgan fingerprint density at radius 1 is 1.32 bits per heavy atom. The van der Waals surface area contributed by atoms with E-state index in [-0.39, 0.29) is 17.3 Å². The highest BCUT2D eigenvalue weighted by Crippen LogP contribution is 2.29. The van der Waals surface area contributed by atoms with Crippen LogP contribution in [0.15, 0.2) is 30.3 Å². The summed E-state index contributed by atoms with van der Waals surface area (Å²) in [5.41, 5.74) is 0.654. The molecular weight excluding hydrogens is 357 g/mol. The van der Waals surface area contributed by atoms with Crippen LogP contribution in [0.2, 0.25) is 0 Å². The molecule has 0 atom stereocenters. The number of fused-ring (bicyclic) bond motifs is 1. The van der Waals surface area contributed by atoms with E-state index in [9.17, 15) is 18.0 Å². The molecule has 0 aliphatic carbocycles. The largest absolute Gasteiger partial charge is 0.456 e. The smallest absolute Gasteiger partial charge is 0.453 e. The molecule has 0 aliphatic heterocycles. The van der Waals surface area contributed by atoms with Gasteiger partial charge in [-0.3, -0.25) is 0 Å². The van der Waals surface area contributed by atoms with Crippen LogP contribution < -0.4 is 0 Å². The second-order valence-corrected chi connectivity index (χ2v) is 6.04. The number of hydrogen-bond donors (Lipinski definition) is 1. The highest BCUT2D eigenvalue weighted by molar-refractivity contribution is 7.19. The molecule has 3 rings (SSSR count). The lowest BCUT2D eigenvalue weighted by Crippen LogP contribution is -2.14. The van der Waals surface area contributed by atoms with Crippen LogP contribution in [0.5, 0.6) is 0 Å². The van der Waals surface area contributed by atoms with Gasteiger partial charge in [-0.1, -0.05) is 29.5 Å². The van der Waals surface area contributed by atoms with Gasteiger partial charge in [0.15, 0.2) is 0 Å². The van der Waals surface area contributed by atoms with E-state index in [0.29, 0.717) is 16.1 Å². The molecule has 0 amide bonds. The molecule has 0 fully saturated rings. The number of nitrogens with zero attached hydrogens (tertiary/aromatic N) is 3. The zero-order chi connectivity index (χ0) is 18.2. The van der Waals surface area contributed by atoms with Crippen LogP contribution in [0.25, 0.3) is 4.96 Å².